The summed E-state index contributed by atoms with van der Waals surface area (Å²) in [6.07, 6.45) is 2.59. The van der Waals surface area contributed by atoms with Gasteiger partial charge in [0.1, 0.15) is 11.9 Å². The van der Waals surface area contributed by atoms with E-state index in [2.05, 4.69) is 15.6 Å². The lowest BCUT2D eigenvalue weighted by molar-refractivity contribution is 0.0371. The van der Waals surface area contributed by atoms with Gasteiger partial charge < -0.3 is 30.3 Å². The van der Waals surface area contributed by atoms with Gasteiger partial charge in [-0.1, -0.05) is 43.3 Å². The Morgan fingerprint density at radius 2 is 1.81 bits per heavy atom. The van der Waals surface area contributed by atoms with E-state index in [0.29, 0.717) is 29.2 Å². The minimum atomic E-state index is -0.472. The minimum absolute atomic E-state index is 0.176. The van der Waals surface area contributed by atoms with E-state index in [1.807, 2.05) is 49.4 Å². The van der Waals surface area contributed by atoms with Crippen molar-refractivity contribution < 1.29 is 24.2 Å². The van der Waals surface area contributed by atoms with E-state index in [1.54, 1.807) is 54.1 Å². The van der Waals surface area contributed by atoms with Gasteiger partial charge in [-0.25, -0.2) is 4.79 Å². The number of likely N-dealkylation sites (N-methyl/N-ethyl adjacent to an activating group) is 1. The Bertz CT molecular complexity index is 1620. The maximum atomic E-state index is 13.7. The zero-order valence-corrected chi connectivity index (χ0v) is 24.4. The van der Waals surface area contributed by atoms with Crippen LogP contribution in [-0.2, 0) is 0 Å². The van der Waals surface area contributed by atoms with Gasteiger partial charge in [-0.05, 0) is 48.7 Å². The van der Waals surface area contributed by atoms with E-state index >= 15 is 0 Å². The Morgan fingerprint density at radius 1 is 1.07 bits per heavy atom. The molecule has 0 fully saturated rings. The molecule has 2 heterocycles. The van der Waals surface area contributed by atoms with Crippen LogP contribution in [0.1, 0.15) is 34.6 Å². The highest BCUT2D eigenvalue weighted by atomic mass is 16.5. The fourth-order valence-corrected chi connectivity index (χ4v) is 5.12. The van der Waals surface area contributed by atoms with Crippen molar-refractivity contribution in [2.75, 3.05) is 37.4 Å². The second-order valence-electron chi connectivity index (χ2n) is 10.9. The highest BCUT2D eigenvalue weighted by Crippen LogP contribution is 2.31. The van der Waals surface area contributed by atoms with Crippen LogP contribution >= 0.6 is 0 Å². The predicted octanol–water partition coefficient (Wildman–Crippen LogP) is 4.87. The maximum Gasteiger partial charge on any atom is 0.321 e. The van der Waals surface area contributed by atoms with Crippen molar-refractivity contribution in [3.63, 3.8) is 0 Å². The summed E-state index contributed by atoms with van der Waals surface area (Å²) in [5, 5.41) is 17.7. The average Bonchev–Trinajstić information content (AvgIpc) is 3.03. The molecular weight excluding hydrogens is 546 g/mol. The molecule has 0 radical (unpaired) electrons. The number of urea groups is 1. The highest BCUT2D eigenvalue weighted by Gasteiger charge is 2.34. The molecule has 0 saturated heterocycles. The van der Waals surface area contributed by atoms with Gasteiger partial charge in [0.05, 0.1) is 30.4 Å². The van der Waals surface area contributed by atoms with Crippen molar-refractivity contribution >= 4 is 40.0 Å². The van der Waals surface area contributed by atoms with Crippen molar-refractivity contribution in [3.05, 3.63) is 96.3 Å². The first kappa shape index (κ1) is 29.5. The second kappa shape index (κ2) is 12.9. The molecule has 10 heteroatoms. The standard InChI is InChI=1S/C33H35N5O5/c1-21-18-38(22(2)20-39)32(41)27-17-25(35-31(40)24-13-15-34-16-14-24)11-12-29(27)43-30(21)19-37(3)33(42)36-28-10-6-8-23-7-4-5-9-26(23)28/h4-17,21-22,30,39H,18-20H2,1-3H3,(H,35,40)(H,36,42)/t21-,22-,30-/m1/s1. The number of benzene rings is 3. The van der Waals surface area contributed by atoms with E-state index in [4.69, 9.17) is 4.74 Å². The number of pyridine rings is 1. The van der Waals surface area contributed by atoms with E-state index in [9.17, 15) is 19.5 Å². The Kier molecular flexibility index (Phi) is 8.87. The van der Waals surface area contributed by atoms with Crippen LogP contribution in [0.2, 0.25) is 0 Å². The maximum absolute atomic E-state index is 13.7. The van der Waals surface area contributed by atoms with Gasteiger partial charge in [-0.3, -0.25) is 14.6 Å². The van der Waals surface area contributed by atoms with Crippen molar-refractivity contribution in [1.29, 1.82) is 0 Å². The normalized spacial score (nSPS) is 17.2. The molecule has 4 aromatic rings. The van der Waals surface area contributed by atoms with E-state index in [-0.39, 0.29) is 42.5 Å². The van der Waals surface area contributed by atoms with Crippen molar-refractivity contribution in [1.82, 2.24) is 14.8 Å². The summed E-state index contributed by atoms with van der Waals surface area (Å²) in [5.74, 6) is -0.497. The molecule has 0 bridgehead atoms. The number of nitrogens with zero attached hydrogens (tertiary/aromatic N) is 3. The van der Waals surface area contributed by atoms with Crippen LogP contribution in [0, 0.1) is 5.92 Å². The molecule has 0 aliphatic carbocycles. The van der Waals surface area contributed by atoms with Gasteiger partial charge in [0.25, 0.3) is 11.8 Å². The van der Waals surface area contributed by atoms with Crippen LogP contribution in [0.15, 0.2) is 85.2 Å². The lowest BCUT2D eigenvalue weighted by Gasteiger charge is -2.38. The number of fused-ring (bicyclic) bond motifs is 2. The Labute approximate surface area is 250 Å². The smallest absolute Gasteiger partial charge is 0.321 e. The third-order valence-corrected chi connectivity index (χ3v) is 7.70. The van der Waals surface area contributed by atoms with E-state index in [1.165, 1.54) is 12.4 Å². The topological polar surface area (TPSA) is 124 Å². The summed E-state index contributed by atoms with van der Waals surface area (Å²) in [5.41, 5.74) is 1.82. The summed E-state index contributed by atoms with van der Waals surface area (Å²) in [6, 6.07) is 20.9. The predicted molar refractivity (Wildman–Crippen MR) is 165 cm³/mol. The molecule has 222 valence electrons. The number of carbonyl (C=O) groups is 3. The third kappa shape index (κ3) is 6.60. The molecule has 4 amide bonds. The van der Waals surface area contributed by atoms with Crippen molar-refractivity contribution in [2.45, 2.75) is 26.0 Å². The van der Waals surface area contributed by atoms with E-state index < -0.39 is 12.1 Å². The van der Waals surface area contributed by atoms with Crippen LogP contribution in [0.3, 0.4) is 0 Å². The number of carbonyl (C=O) groups excluding carboxylic acids is 3. The zero-order chi connectivity index (χ0) is 30.5. The number of ether oxygens (including phenoxy) is 1. The van der Waals surface area contributed by atoms with Gasteiger partial charge in [-0.2, -0.15) is 0 Å². The number of aromatic nitrogens is 1. The molecule has 0 saturated carbocycles. The van der Waals surface area contributed by atoms with Gasteiger partial charge in [0, 0.05) is 48.5 Å². The molecule has 3 aromatic carbocycles. The number of hydrogen-bond acceptors (Lipinski definition) is 6. The number of anilines is 2. The summed E-state index contributed by atoms with van der Waals surface area (Å²) < 4.78 is 6.41. The fourth-order valence-electron chi connectivity index (χ4n) is 5.12. The number of amides is 4. The Hall–Kier alpha value is -4.96. The van der Waals surface area contributed by atoms with Crippen LogP contribution in [0.5, 0.6) is 5.75 Å². The molecule has 1 aliphatic rings. The first-order valence-corrected chi connectivity index (χ1v) is 14.2. The number of aliphatic hydroxyl groups is 1. The quantitative estimate of drug-likeness (QED) is 0.286. The van der Waals surface area contributed by atoms with Crippen LogP contribution in [0.25, 0.3) is 10.8 Å². The first-order chi connectivity index (χ1) is 20.7. The van der Waals surface area contributed by atoms with Crippen LogP contribution in [-0.4, -0.2) is 76.6 Å². The zero-order valence-electron chi connectivity index (χ0n) is 24.4. The Morgan fingerprint density at radius 3 is 2.58 bits per heavy atom. The third-order valence-electron chi connectivity index (χ3n) is 7.70. The summed E-state index contributed by atoms with van der Waals surface area (Å²) in [7, 11) is 1.70. The van der Waals surface area contributed by atoms with Crippen molar-refractivity contribution in [2.24, 2.45) is 5.92 Å². The molecule has 10 nitrogen and oxygen atoms in total. The summed E-state index contributed by atoms with van der Waals surface area (Å²) in [4.78, 5) is 46.9. The number of aliphatic hydroxyl groups excluding tert-OH is 1. The lowest BCUT2D eigenvalue weighted by Crippen LogP contribution is -2.50. The van der Waals surface area contributed by atoms with Crippen molar-refractivity contribution in [3.8, 4) is 5.75 Å². The van der Waals surface area contributed by atoms with Gasteiger partial charge in [0.2, 0.25) is 0 Å². The Balaban J connectivity index is 1.38. The summed E-state index contributed by atoms with van der Waals surface area (Å²) in [6.45, 7) is 4.07. The minimum Gasteiger partial charge on any atom is -0.487 e. The number of hydrogen-bond donors (Lipinski definition) is 3. The molecule has 1 aromatic heterocycles. The molecule has 0 unspecified atom stereocenters. The molecule has 5 rings (SSSR count). The molecule has 43 heavy (non-hydrogen) atoms. The molecule has 3 N–H and O–H groups in total. The number of rotatable bonds is 7. The SMILES string of the molecule is C[C@@H]1CN([C@H](C)CO)C(=O)c2cc(NC(=O)c3ccncc3)ccc2O[C@@H]1CN(C)C(=O)Nc1cccc2ccccc12. The average molecular weight is 582 g/mol. The molecule has 0 spiro atoms. The lowest BCUT2D eigenvalue weighted by atomic mass is 9.99. The van der Waals surface area contributed by atoms with Crippen LogP contribution < -0.4 is 15.4 Å². The monoisotopic (exact) mass is 581 g/mol. The van der Waals surface area contributed by atoms with Gasteiger partial charge in [0.15, 0.2) is 0 Å². The van der Waals surface area contributed by atoms with E-state index in [0.717, 1.165) is 10.8 Å². The van der Waals surface area contributed by atoms with Gasteiger partial charge >= 0.3 is 6.03 Å². The summed E-state index contributed by atoms with van der Waals surface area (Å²) >= 11 is 0. The molecular formula is C33H35N5O5. The van der Waals surface area contributed by atoms with Gasteiger partial charge in [-0.15, -0.1) is 0 Å². The molecule has 1 aliphatic heterocycles. The number of nitrogens with one attached hydrogen (secondary N) is 2. The molecule has 3 atom stereocenters. The highest BCUT2D eigenvalue weighted by molar-refractivity contribution is 6.05. The van der Waals surface area contributed by atoms with Crippen LogP contribution in [0.4, 0.5) is 16.2 Å². The first-order valence-electron chi connectivity index (χ1n) is 14.2. The largest absolute Gasteiger partial charge is 0.487 e. The fraction of sp³-hybridized carbons (Fsp3) is 0.273. The second-order valence-corrected chi connectivity index (χ2v) is 10.9.